The first-order chi connectivity index (χ1) is 23.8. The number of thiophene rings is 2. The molecule has 48 heavy (non-hydrogen) atoms. The van der Waals surface area contributed by atoms with E-state index in [2.05, 4.69) is 146 Å². The van der Waals surface area contributed by atoms with Gasteiger partial charge in [0.25, 0.3) is 0 Å². The van der Waals surface area contributed by atoms with Gasteiger partial charge >= 0.3 is 0 Å². The van der Waals surface area contributed by atoms with Gasteiger partial charge in [-0.3, -0.25) is 9.97 Å². The fraction of sp³-hybridized carbons (Fsp3) is 0. The summed E-state index contributed by atoms with van der Waals surface area (Å²) < 4.78 is 5.18. The highest BCUT2D eigenvalue weighted by Crippen LogP contribution is 2.42. The molecule has 0 aliphatic carbocycles. The van der Waals surface area contributed by atoms with Crippen molar-refractivity contribution < 1.29 is 0 Å². The summed E-state index contributed by atoms with van der Waals surface area (Å²) in [6, 6.07) is 52.2. The fourth-order valence-corrected chi connectivity index (χ4v) is 9.59. The molecule has 0 bridgehead atoms. The number of nitrogens with zero attached hydrogens (tertiary/aromatic N) is 2. The molecule has 10 aromatic rings. The quantitative estimate of drug-likeness (QED) is 0.190. The average molecular weight is 647 g/mol. The summed E-state index contributed by atoms with van der Waals surface area (Å²) in [5, 5.41) is 7.60. The van der Waals surface area contributed by atoms with Crippen LogP contribution in [0.5, 0.6) is 0 Å². The van der Waals surface area contributed by atoms with Gasteiger partial charge in [0.2, 0.25) is 0 Å². The first kappa shape index (κ1) is 27.4. The summed E-state index contributed by atoms with van der Waals surface area (Å²) in [6.07, 6.45) is 4.06. The van der Waals surface area contributed by atoms with Crippen molar-refractivity contribution >= 4 is 73.8 Å². The lowest BCUT2D eigenvalue weighted by molar-refractivity contribution is 1.33. The van der Waals surface area contributed by atoms with Crippen LogP contribution >= 0.6 is 22.7 Å². The zero-order chi connectivity index (χ0) is 31.6. The van der Waals surface area contributed by atoms with Crippen LogP contribution in [0.2, 0.25) is 0 Å². The monoisotopic (exact) mass is 646 g/mol. The van der Waals surface area contributed by atoms with Crippen LogP contribution in [0.4, 0.5) is 0 Å². The molecule has 0 N–H and O–H groups in total. The zero-order valence-electron chi connectivity index (χ0n) is 25.7. The van der Waals surface area contributed by atoms with Crippen molar-refractivity contribution in [3.8, 4) is 44.8 Å². The standard InChI is InChI=1S/C44H26N2S2/c1-3-19-40-32(11-1)34-15-7-17-36(43(34)47-40)38-23-21-28(25-45-38)30-13-5-9-27-10-6-14-31(42(27)30)29-22-24-39(46-26-29)37-18-8-16-35-33-12-2-4-20-41(33)48-44(35)37/h1-26H. The zero-order valence-corrected chi connectivity index (χ0v) is 27.4. The summed E-state index contributed by atoms with van der Waals surface area (Å²) in [5.41, 5.74) is 8.87. The highest BCUT2D eigenvalue weighted by Gasteiger charge is 2.15. The van der Waals surface area contributed by atoms with Crippen molar-refractivity contribution in [2.24, 2.45) is 0 Å². The lowest BCUT2D eigenvalue weighted by Crippen LogP contribution is -1.90. The summed E-state index contributed by atoms with van der Waals surface area (Å²) >= 11 is 3.68. The van der Waals surface area contributed by atoms with Crippen LogP contribution in [0.3, 0.4) is 0 Å². The van der Waals surface area contributed by atoms with Crippen LogP contribution in [-0.4, -0.2) is 9.97 Å². The van der Waals surface area contributed by atoms with Crippen molar-refractivity contribution in [3.05, 3.63) is 158 Å². The van der Waals surface area contributed by atoms with Gasteiger partial charge in [-0.15, -0.1) is 22.7 Å². The van der Waals surface area contributed by atoms with Crippen molar-refractivity contribution in [2.75, 3.05) is 0 Å². The topological polar surface area (TPSA) is 25.8 Å². The SMILES string of the molecule is c1cc(-c2ccc(-c3cccc4c3sc3ccccc34)nc2)c2c(-c3ccc(-c4cccc5c4sc4ccccc45)nc3)cccc2c1. The normalized spacial score (nSPS) is 11.8. The molecule has 6 aromatic carbocycles. The van der Waals surface area contributed by atoms with E-state index < -0.39 is 0 Å². The molecule has 0 aliphatic rings. The molecule has 0 radical (unpaired) electrons. The molecular weight excluding hydrogens is 621 g/mol. The maximum absolute atomic E-state index is 5.04. The Morgan fingerprint density at radius 1 is 0.354 bits per heavy atom. The van der Waals surface area contributed by atoms with Gasteiger partial charge in [-0.05, 0) is 46.2 Å². The summed E-state index contributed by atoms with van der Waals surface area (Å²) in [7, 11) is 0. The number of benzene rings is 6. The second-order valence-electron chi connectivity index (χ2n) is 12.1. The molecule has 0 atom stereocenters. The van der Waals surface area contributed by atoms with Crippen molar-refractivity contribution in [1.29, 1.82) is 0 Å². The van der Waals surface area contributed by atoms with Gasteiger partial charge < -0.3 is 0 Å². The molecular formula is C44H26N2S2. The number of hydrogen-bond acceptors (Lipinski definition) is 4. The number of hydrogen-bond donors (Lipinski definition) is 0. The van der Waals surface area contributed by atoms with Gasteiger partial charge in [0.1, 0.15) is 0 Å². The molecule has 0 saturated heterocycles. The first-order valence-corrected chi connectivity index (χ1v) is 17.7. The van der Waals surface area contributed by atoms with Crippen LogP contribution in [0, 0.1) is 0 Å². The van der Waals surface area contributed by atoms with Crippen LogP contribution in [-0.2, 0) is 0 Å². The Kier molecular flexibility index (Phi) is 6.26. The fourth-order valence-electron chi connectivity index (χ4n) is 7.14. The van der Waals surface area contributed by atoms with Gasteiger partial charge in [-0.1, -0.05) is 121 Å². The first-order valence-electron chi connectivity index (χ1n) is 16.1. The van der Waals surface area contributed by atoms with E-state index in [0.29, 0.717) is 0 Å². The predicted octanol–water partition coefficient (Wildman–Crippen LogP) is 13.0. The van der Waals surface area contributed by atoms with Gasteiger partial charge in [0.05, 0.1) is 11.4 Å². The maximum Gasteiger partial charge on any atom is 0.0716 e. The lowest BCUT2D eigenvalue weighted by atomic mass is 9.92. The number of pyridine rings is 2. The molecule has 0 saturated carbocycles. The molecule has 0 unspecified atom stereocenters. The number of aromatic nitrogens is 2. The van der Waals surface area contributed by atoms with E-state index in [1.807, 2.05) is 35.1 Å². The van der Waals surface area contributed by atoms with Crippen molar-refractivity contribution in [1.82, 2.24) is 9.97 Å². The van der Waals surface area contributed by atoms with E-state index >= 15 is 0 Å². The largest absolute Gasteiger partial charge is 0.256 e. The van der Waals surface area contributed by atoms with Gasteiger partial charge in [-0.2, -0.15) is 0 Å². The maximum atomic E-state index is 5.04. The third-order valence-corrected chi connectivity index (χ3v) is 11.9. The lowest BCUT2D eigenvalue weighted by Gasteiger charge is -2.13. The van der Waals surface area contributed by atoms with E-state index in [-0.39, 0.29) is 0 Å². The molecule has 4 aromatic heterocycles. The van der Waals surface area contributed by atoms with Crippen LogP contribution in [0.15, 0.2) is 158 Å². The third kappa shape index (κ3) is 4.31. The molecule has 224 valence electrons. The Balaban J connectivity index is 1.05. The van der Waals surface area contributed by atoms with Crippen LogP contribution in [0.25, 0.3) is 95.9 Å². The molecule has 0 aliphatic heterocycles. The molecule has 4 heteroatoms. The van der Waals surface area contributed by atoms with Crippen molar-refractivity contribution in [2.45, 2.75) is 0 Å². The van der Waals surface area contributed by atoms with E-state index in [1.165, 1.54) is 73.4 Å². The molecule has 0 amide bonds. The van der Waals surface area contributed by atoms with Crippen molar-refractivity contribution in [3.63, 3.8) is 0 Å². The Bertz CT molecular complexity index is 2630. The number of rotatable bonds is 4. The molecule has 4 heterocycles. The minimum Gasteiger partial charge on any atom is -0.256 e. The predicted molar refractivity (Wildman–Crippen MR) is 207 cm³/mol. The van der Waals surface area contributed by atoms with Gasteiger partial charge in [-0.25, -0.2) is 0 Å². The number of fused-ring (bicyclic) bond motifs is 7. The second kappa shape index (κ2) is 11.0. The molecule has 10 rings (SSSR count). The van der Waals surface area contributed by atoms with Gasteiger partial charge in [0, 0.05) is 75.0 Å². The Labute approximate surface area is 285 Å². The van der Waals surface area contributed by atoms with E-state index in [0.717, 1.165) is 22.5 Å². The van der Waals surface area contributed by atoms with E-state index in [4.69, 9.17) is 9.97 Å². The highest BCUT2D eigenvalue weighted by atomic mass is 32.1. The van der Waals surface area contributed by atoms with E-state index in [1.54, 1.807) is 0 Å². The second-order valence-corrected chi connectivity index (χ2v) is 14.2. The van der Waals surface area contributed by atoms with Crippen LogP contribution in [0.1, 0.15) is 0 Å². The Morgan fingerprint density at radius 3 is 1.27 bits per heavy atom. The summed E-state index contributed by atoms with van der Waals surface area (Å²) in [5.74, 6) is 0. The highest BCUT2D eigenvalue weighted by molar-refractivity contribution is 7.26. The molecule has 0 spiro atoms. The summed E-state index contributed by atoms with van der Waals surface area (Å²) in [6.45, 7) is 0. The van der Waals surface area contributed by atoms with E-state index in [9.17, 15) is 0 Å². The van der Waals surface area contributed by atoms with Crippen LogP contribution < -0.4 is 0 Å². The molecule has 2 nitrogen and oxygen atoms in total. The Morgan fingerprint density at radius 2 is 0.792 bits per heavy atom. The molecule has 0 fully saturated rings. The minimum atomic E-state index is 0.991. The summed E-state index contributed by atoms with van der Waals surface area (Å²) in [4.78, 5) is 10.1. The minimum absolute atomic E-state index is 0.991. The third-order valence-electron chi connectivity index (χ3n) is 9.41. The Hall–Kier alpha value is -5.68. The van der Waals surface area contributed by atoms with Gasteiger partial charge in [0.15, 0.2) is 0 Å². The average Bonchev–Trinajstić information content (AvgIpc) is 3.73. The smallest absolute Gasteiger partial charge is 0.0716 e.